The van der Waals surface area contributed by atoms with E-state index >= 15 is 0 Å². The molecule has 1 atom stereocenters. The van der Waals surface area contributed by atoms with Crippen LogP contribution in [0.1, 0.15) is 19.3 Å². The van der Waals surface area contributed by atoms with E-state index in [0.29, 0.717) is 58.7 Å². The number of alkyl carbamates (subject to hydrolysis) is 1. The Morgan fingerprint density at radius 3 is 2.63 bits per heavy atom. The topological polar surface area (TPSA) is 97.4 Å². The second-order valence-corrected chi connectivity index (χ2v) is 7.87. The van der Waals surface area contributed by atoms with Crippen LogP contribution in [0.3, 0.4) is 0 Å². The Kier molecular flexibility index (Phi) is 6.08. The normalized spacial score (nSPS) is 23.7. The number of carbonyl (C=O) groups excluding carboxylic acids is 3. The third-order valence-corrected chi connectivity index (χ3v) is 5.93. The monoisotopic (exact) mass is 417 g/mol. The number of likely N-dealkylation sites (tertiary alicyclic amines) is 1. The molecule has 1 aromatic rings. The van der Waals surface area contributed by atoms with Gasteiger partial charge in [0.25, 0.3) is 0 Å². The molecule has 1 aromatic carbocycles. The number of nitrogens with zero attached hydrogens (tertiary/aromatic N) is 2. The summed E-state index contributed by atoms with van der Waals surface area (Å²) in [6.07, 6.45) is 0.945. The molecule has 4 rings (SSSR count). The maximum atomic E-state index is 12.8. The summed E-state index contributed by atoms with van der Waals surface area (Å²) in [4.78, 5) is 40.1. The van der Waals surface area contributed by atoms with Gasteiger partial charge in [-0.3, -0.25) is 9.59 Å². The molecule has 0 aliphatic carbocycles. The minimum absolute atomic E-state index is 0.0559. The molecule has 0 bridgehead atoms. The Morgan fingerprint density at radius 1 is 1.17 bits per heavy atom. The molecule has 3 saturated heterocycles. The fraction of sp³-hybridized carbons (Fsp3) is 0.571. The van der Waals surface area contributed by atoms with Crippen molar-refractivity contribution in [2.45, 2.75) is 30.9 Å². The Labute approximate surface area is 175 Å². The van der Waals surface area contributed by atoms with Crippen LogP contribution in [0.15, 0.2) is 30.3 Å². The van der Waals surface area contributed by atoms with Crippen LogP contribution in [0.2, 0.25) is 0 Å². The lowest BCUT2D eigenvalue weighted by Crippen LogP contribution is -2.53. The van der Waals surface area contributed by atoms with Gasteiger partial charge in [0.1, 0.15) is 25.0 Å². The first-order valence-electron chi connectivity index (χ1n) is 10.4. The number of cyclic esters (lactones) is 1. The highest BCUT2D eigenvalue weighted by Gasteiger charge is 2.43. The van der Waals surface area contributed by atoms with Gasteiger partial charge in [0.15, 0.2) is 0 Å². The van der Waals surface area contributed by atoms with E-state index in [2.05, 4.69) is 5.32 Å². The molecular weight excluding hydrogens is 390 g/mol. The fourth-order valence-electron chi connectivity index (χ4n) is 4.16. The lowest BCUT2D eigenvalue weighted by atomic mass is 9.87. The number of rotatable bonds is 5. The molecule has 9 heteroatoms. The Morgan fingerprint density at radius 2 is 1.93 bits per heavy atom. The summed E-state index contributed by atoms with van der Waals surface area (Å²) in [5, 5.41) is 2.52. The molecule has 9 nitrogen and oxygen atoms in total. The third kappa shape index (κ3) is 4.67. The maximum absolute atomic E-state index is 12.8. The van der Waals surface area contributed by atoms with Crippen molar-refractivity contribution in [2.75, 3.05) is 46.0 Å². The van der Waals surface area contributed by atoms with Crippen molar-refractivity contribution in [3.8, 4) is 5.75 Å². The van der Waals surface area contributed by atoms with Gasteiger partial charge in [0.2, 0.25) is 11.8 Å². The molecule has 1 spiro atoms. The van der Waals surface area contributed by atoms with Gasteiger partial charge in [-0.1, -0.05) is 18.2 Å². The van der Waals surface area contributed by atoms with E-state index in [9.17, 15) is 14.4 Å². The zero-order valence-corrected chi connectivity index (χ0v) is 16.9. The molecule has 30 heavy (non-hydrogen) atoms. The van der Waals surface area contributed by atoms with Crippen LogP contribution in [0.5, 0.6) is 5.75 Å². The molecule has 3 fully saturated rings. The van der Waals surface area contributed by atoms with Gasteiger partial charge >= 0.3 is 6.09 Å². The number of carbonyl (C=O) groups is 3. The predicted molar refractivity (Wildman–Crippen MR) is 106 cm³/mol. The van der Waals surface area contributed by atoms with E-state index in [1.807, 2.05) is 30.3 Å². The van der Waals surface area contributed by atoms with Crippen LogP contribution in [0.25, 0.3) is 0 Å². The standard InChI is InChI=1S/C21H27N3O6/c25-18-14-21(6-8-24(9-7-21)19(26)17-15-29-20(27)22-17)30-13-11-23(18)10-12-28-16-4-2-1-3-5-16/h1-5,17H,6-15H2,(H,22,27)/t17-/m0/s1. The highest BCUT2D eigenvalue weighted by molar-refractivity contribution is 5.88. The van der Waals surface area contributed by atoms with Crippen LogP contribution < -0.4 is 10.1 Å². The van der Waals surface area contributed by atoms with Gasteiger partial charge in [0.05, 0.1) is 25.2 Å². The van der Waals surface area contributed by atoms with Crippen LogP contribution >= 0.6 is 0 Å². The summed E-state index contributed by atoms with van der Waals surface area (Å²) in [5.74, 6) is 0.698. The third-order valence-electron chi connectivity index (χ3n) is 5.93. The van der Waals surface area contributed by atoms with Crippen LogP contribution in [0, 0.1) is 0 Å². The number of amides is 3. The van der Waals surface area contributed by atoms with Gasteiger partial charge in [-0.05, 0) is 25.0 Å². The molecule has 3 aliphatic heterocycles. The van der Waals surface area contributed by atoms with E-state index in [0.717, 1.165) is 5.75 Å². The molecule has 1 N–H and O–H groups in total. The van der Waals surface area contributed by atoms with Crippen molar-refractivity contribution in [3.05, 3.63) is 30.3 Å². The first-order valence-corrected chi connectivity index (χ1v) is 10.4. The van der Waals surface area contributed by atoms with Crippen molar-refractivity contribution in [2.24, 2.45) is 0 Å². The van der Waals surface area contributed by atoms with Crippen molar-refractivity contribution >= 4 is 17.9 Å². The zero-order chi connectivity index (χ0) is 21.0. The van der Waals surface area contributed by atoms with Gasteiger partial charge in [-0.25, -0.2) is 4.79 Å². The summed E-state index contributed by atoms with van der Waals surface area (Å²) in [5.41, 5.74) is -0.529. The second kappa shape index (κ2) is 8.91. The van der Waals surface area contributed by atoms with Crippen molar-refractivity contribution < 1.29 is 28.6 Å². The van der Waals surface area contributed by atoms with E-state index in [4.69, 9.17) is 14.2 Å². The Balaban J connectivity index is 1.26. The maximum Gasteiger partial charge on any atom is 0.407 e. The number of para-hydroxylation sites is 1. The fourth-order valence-corrected chi connectivity index (χ4v) is 4.16. The van der Waals surface area contributed by atoms with Crippen LogP contribution in [-0.2, 0) is 19.1 Å². The summed E-state index contributed by atoms with van der Waals surface area (Å²) < 4.78 is 16.7. The molecule has 0 unspecified atom stereocenters. The first-order chi connectivity index (χ1) is 14.5. The van der Waals surface area contributed by atoms with E-state index in [-0.39, 0.29) is 18.4 Å². The molecule has 0 radical (unpaired) electrons. The van der Waals surface area contributed by atoms with Gasteiger partial charge < -0.3 is 29.3 Å². The van der Waals surface area contributed by atoms with Crippen LogP contribution in [0.4, 0.5) is 4.79 Å². The lowest BCUT2D eigenvalue weighted by molar-refractivity contribution is -0.142. The number of nitrogens with one attached hydrogen (secondary N) is 1. The first kappa shape index (κ1) is 20.5. The Hall–Kier alpha value is -2.81. The summed E-state index contributed by atoms with van der Waals surface area (Å²) >= 11 is 0. The van der Waals surface area contributed by atoms with Gasteiger partial charge in [-0.2, -0.15) is 0 Å². The van der Waals surface area contributed by atoms with E-state index in [1.165, 1.54) is 0 Å². The molecular formula is C21H27N3O6. The molecule has 3 heterocycles. The quantitative estimate of drug-likeness (QED) is 0.761. The molecule has 0 aromatic heterocycles. The van der Waals surface area contributed by atoms with Crippen LogP contribution in [-0.4, -0.2) is 85.3 Å². The predicted octanol–water partition coefficient (Wildman–Crippen LogP) is 0.784. The van der Waals surface area contributed by atoms with Crippen molar-refractivity contribution in [3.63, 3.8) is 0 Å². The average molecular weight is 417 g/mol. The minimum Gasteiger partial charge on any atom is -0.492 e. The van der Waals surface area contributed by atoms with Crippen molar-refractivity contribution in [1.82, 2.24) is 15.1 Å². The van der Waals surface area contributed by atoms with Crippen molar-refractivity contribution in [1.29, 1.82) is 0 Å². The SMILES string of the molecule is O=C1N[C@H](C(=O)N2CCC3(CC2)CC(=O)N(CCOc2ccccc2)CCO3)CO1. The smallest absolute Gasteiger partial charge is 0.407 e. The summed E-state index contributed by atoms with van der Waals surface area (Å²) in [6.45, 7) is 3.00. The van der Waals surface area contributed by atoms with E-state index in [1.54, 1.807) is 9.80 Å². The molecule has 0 saturated carbocycles. The highest BCUT2D eigenvalue weighted by atomic mass is 16.6. The largest absolute Gasteiger partial charge is 0.492 e. The number of benzene rings is 1. The second-order valence-electron chi connectivity index (χ2n) is 7.87. The molecule has 3 aliphatic rings. The number of ether oxygens (including phenoxy) is 3. The average Bonchev–Trinajstić information content (AvgIpc) is 3.13. The molecule has 162 valence electrons. The molecule has 3 amide bonds. The van der Waals surface area contributed by atoms with E-state index < -0.39 is 17.7 Å². The van der Waals surface area contributed by atoms with Gasteiger partial charge in [0, 0.05) is 19.6 Å². The highest BCUT2D eigenvalue weighted by Crippen LogP contribution is 2.32. The number of hydrogen-bond donors (Lipinski definition) is 1. The minimum atomic E-state index is -0.622. The number of hydrogen-bond acceptors (Lipinski definition) is 6. The summed E-state index contributed by atoms with van der Waals surface area (Å²) in [7, 11) is 0. The number of piperidine rings is 1. The summed E-state index contributed by atoms with van der Waals surface area (Å²) in [6, 6.07) is 8.91. The Bertz CT molecular complexity index is 778. The lowest BCUT2D eigenvalue weighted by Gasteiger charge is -2.41. The van der Waals surface area contributed by atoms with Gasteiger partial charge in [-0.15, -0.1) is 0 Å². The zero-order valence-electron chi connectivity index (χ0n) is 16.9.